The van der Waals surface area contributed by atoms with E-state index >= 15 is 0 Å². The Bertz CT molecular complexity index is 622. The van der Waals surface area contributed by atoms with E-state index in [1.165, 1.54) is 36.1 Å². The Morgan fingerprint density at radius 1 is 0.840 bits per heavy atom. The average Bonchev–Trinajstić information content (AvgIpc) is 2.63. The molecule has 2 N–H and O–H groups in total. The monoisotopic (exact) mass is 340 g/mol. The molecule has 0 aromatic heterocycles. The zero-order chi connectivity index (χ0) is 17.9. The van der Waals surface area contributed by atoms with Gasteiger partial charge in [0.25, 0.3) is 0 Å². The second-order valence-corrected chi connectivity index (χ2v) is 6.53. The molecule has 0 radical (unpaired) electrons. The molecule has 0 aliphatic rings. The largest absolute Gasteiger partial charge is 0.494 e. The summed E-state index contributed by atoms with van der Waals surface area (Å²) in [6, 6.07) is 14.6. The normalized spacial score (nSPS) is 10.5. The molecule has 0 unspecified atom stereocenters. The summed E-state index contributed by atoms with van der Waals surface area (Å²) in [6.07, 6.45) is 4.95. The van der Waals surface area contributed by atoms with Gasteiger partial charge in [0.2, 0.25) is 0 Å². The van der Waals surface area contributed by atoms with E-state index in [9.17, 15) is 0 Å². The Balaban J connectivity index is 1.66. The molecule has 0 saturated carbocycles. The summed E-state index contributed by atoms with van der Waals surface area (Å²) in [4.78, 5) is 0. The van der Waals surface area contributed by atoms with Gasteiger partial charge in [-0.1, -0.05) is 38.3 Å². The van der Waals surface area contributed by atoms with Crippen LogP contribution in [0.5, 0.6) is 5.75 Å². The number of benzene rings is 2. The van der Waals surface area contributed by atoms with Gasteiger partial charge >= 0.3 is 0 Å². The summed E-state index contributed by atoms with van der Waals surface area (Å²) in [5.41, 5.74) is 4.99. The molecule has 136 valence electrons. The van der Waals surface area contributed by atoms with Crippen molar-refractivity contribution in [1.82, 2.24) is 0 Å². The zero-order valence-corrected chi connectivity index (χ0v) is 15.9. The van der Waals surface area contributed by atoms with Crippen molar-refractivity contribution in [1.29, 1.82) is 0 Å². The molecule has 2 aromatic rings. The molecule has 0 aliphatic carbocycles. The first-order valence-electron chi connectivity index (χ1n) is 9.47. The fraction of sp³-hybridized carbons (Fsp3) is 0.455. The summed E-state index contributed by atoms with van der Waals surface area (Å²) in [5, 5.41) is 6.93. The lowest BCUT2D eigenvalue weighted by atomic mass is 10.1. The van der Waals surface area contributed by atoms with E-state index in [4.69, 9.17) is 4.74 Å². The number of ether oxygens (including phenoxy) is 1. The topological polar surface area (TPSA) is 33.3 Å². The molecule has 25 heavy (non-hydrogen) atoms. The lowest BCUT2D eigenvalue weighted by Gasteiger charge is -2.13. The van der Waals surface area contributed by atoms with Crippen LogP contribution >= 0.6 is 0 Å². The van der Waals surface area contributed by atoms with Crippen molar-refractivity contribution in [3.63, 3.8) is 0 Å². The highest BCUT2D eigenvalue weighted by Gasteiger charge is 2.00. The Morgan fingerprint density at radius 3 is 2.36 bits per heavy atom. The van der Waals surface area contributed by atoms with Crippen LogP contribution in [-0.4, -0.2) is 19.7 Å². The van der Waals surface area contributed by atoms with Gasteiger partial charge in [0, 0.05) is 24.5 Å². The molecule has 0 heterocycles. The molecule has 3 nitrogen and oxygen atoms in total. The number of hydrogen-bond acceptors (Lipinski definition) is 3. The molecule has 2 aromatic carbocycles. The number of aryl methyl sites for hydroxylation is 1. The van der Waals surface area contributed by atoms with Gasteiger partial charge in [-0.15, -0.1) is 0 Å². The van der Waals surface area contributed by atoms with E-state index in [2.05, 4.69) is 61.7 Å². The second-order valence-electron chi connectivity index (χ2n) is 6.53. The summed E-state index contributed by atoms with van der Waals surface area (Å²) in [5.74, 6) is 0.954. The molecular formula is C22H32N2O. The van der Waals surface area contributed by atoms with Crippen molar-refractivity contribution < 1.29 is 4.74 Å². The molecule has 0 atom stereocenters. The van der Waals surface area contributed by atoms with Crippen LogP contribution in [0.25, 0.3) is 0 Å². The van der Waals surface area contributed by atoms with E-state index in [1.807, 2.05) is 12.1 Å². The molecule has 0 saturated heterocycles. The molecule has 0 spiro atoms. The van der Waals surface area contributed by atoms with Gasteiger partial charge in [-0.2, -0.15) is 0 Å². The minimum absolute atomic E-state index is 0.812. The Morgan fingerprint density at radius 2 is 1.60 bits per heavy atom. The third kappa shape index (κ3) is 6.69. The molecule has 0 aliphatic heterocycles. The second kappa shape index (κ2) is 10.7. The van der Waals surface area contributed by atoms with Crippen molar-refractivity contribution in [2.24, 2.45) is 0 Å². The van der Waals surface area contributed by atoms with Crippen molar-refractivity contribution in [2.75, 3.05) is 30.3 Å². The molecule has 0 bridgehead atoms. The lowest BCUT2D eigenvalue weighted by molar-refractivity contribution is 0.305. The van der Waals surface area contributed by atoms with Crippen LogP contribution in [0.15, 0.2) is 42.5 Å². The standard InChI is InChI=1S/C22H32N2O/c1-4-5-6-7-17-25-21-13-11-20(12-14-21)23-15-16-24-22-10-8-9-18(2)19(22)3/h8-14,23-24H,4-7,15-17H2,1-3H3. The smallest absolute Gasteiger partial charge is 0.119 e. The first-order valence-corrected chi connectivity index (χ1v) is 9.47. The molecule has 2 rings (SSSR count). The third-order valence-corrected chi connectivity index (χ3v) is 4.50. The molecule has 3 heteroatoms. The summed E-state index contributed by atoms with van der Waals surface area (Å²) >= 11 is 0. The maximum atomic E-state index is 5.78. The van der Waals surface area contributed by atoms with Crippen LogP contribution in [0.1, 0.15) is 43.7 Å². The van der Waals surface area contributed by atoms with Crippen molar-refractivity contribution in [2.45, 2.75) is 46.5 Å². The SMILES string of the molecule is CCCCCCOc1ccc(NCCNc2cccc(C)c2C)cc1. The molecule has 0 amide bonds. The highest BCUT2D eigenvalue weighted by atomic mass is 16.5. The Hall–Kier alpha value is -2.16. The molecule has 0 fully saturated rings. The van der Waals surface area contributed by atoms with Gasteiger partial charge in [-0.3, -0.25) is 0 Å². The zero-order valence-electron chi connectivity index (χ0n) is 15.9. The predicted molar refractivity (Wildman–Crippen MR) is 109 cm³/mol. The van der Waals surface area contributed by atoms with Crippen molar-refractivity contribution in [3.8, 4) is 5.75 Å². The minimum Gasteiger partial charge on any atom is -0.494 e. The van der Waals surface area contributed by atoms with Crippen molar-refractivity contribution >= 4 is 11.4 Å². The van der Waals surface area contributed by atoms with Gasteiger partial charge in [0.05, 0.1) is 6.61 Å². The Labute approximate surface area is 152 Å². The van der Waals surface area contributed by atoms with Crippen LogP contribution < -0.4 is 15.4 Å². The van der Waals surface area contributed by atoms with Crippen LogP contribution in [0.4, 0.5) is 11.4 Å². The van der Waals surface area contributed by atoms with Crippen LogP contribution in [0, 0.1) is 13.8 Å². The van der Waals surface area contributed by atoms with E-state index in [0.29, 0.717) is 0 Å². The highest BCUT2D eigenvalue weighted by molar-refractivity contribution is 5.54. The van der Waals surface area contributed by atoms with Gasteiger partial charge in [0.15, 0.2) is 0 Å². The van der Waals surface area contributed by atoms with Crippen LogP contribution in [-0.2, 0) is 0 Å². The van der Waals surface area contributed by atoms with E-state index in [-0.39, 0.29) is 0 Å². The quantitative estimate of drug-likeness (QED) is 0.508. The van der Waals surface area contributed by atoms with Gasteiger partial charge in [-0.25, -0.2) is 0 Å². The van der Waals surface area contributed by atoms with E-state index in [1.54, 1.807) is 0 Å². The number of rotatable bonds is 11. The first kappa shape index (κ1) is 19.2. The number of unbranched alkanes of at least 4 members (excludes halogenated alkanes) is 3. The third-order valence-electron chi connectivity index (χ3n) is 4.50. The minimum atomic E-state index is 0.812. The predicted octanol–water partition coefficient (Wildman–Crippen LogP) is 5.79. The first-order chi connectivity index (χ1) is 12.2. The van der Waals surface area contributed by atoms with Gasteiger partial charge in [-0.05, 0) is 61.7 Å². The Kier molecular flexibility index (Phi) is 8.17. The number of anilines is 2. The maximum absolute atomic E-state index is 5.78. The fourth-order valence-corrected chi connectivity index (χ4v) is 2.73. The lowest BCUT2D eigenvalue weighted by Crippen LogP contribution is -2.14. The summed E-state index contributed by atoms with van der Waals surface area (Å²) < 4.78 is 5.78. The number of nitrogens with one attached hydrogen (secondary N) is 2. The summed E-state index contributed by atoms with van der Waals surface area (Å²) in [6.45, 7) is 9.11. The van der Waals surface area contributed by atoms with Crippen LogP contribution in [0.2, 0.25) is 0 Å². The van der Waals surface area contributed by atoms with E-state index in [0.717, 1.165) is 37.6 Å². The van der Waals surface area contributed by atoms with Gasteiger partial charge < -0.3 is 15.4 Å². The summed E-state index contributed by atoms with van der Waals surface area (Å²) in [7, 11) is 0. The van der Waals surface area contributed by atoms with Gasteiger partial charge in [0.1, 0.15) is 5.75 Å². The maximum Gasteiger partial charge on any atom is 0.119 e. The van der Waals surface area contributed by atoms with Crippen LogP contribution in [0.3, 0.4) is 0 Å². The highest BCUT2D eigenvalue weighted by Crippen LogP contribution is 2.18. The fourth-order valence-electron chi connectivity index (χ4n) is 2.73. The average molecular weight is 341 g/mol. The van der Waals surface area contributed by atoms with Crippen molar-refractivity contribution in [3.05, 3.63) is 53.6 Å². The molecular weight excluding hydrogens is 308 g/mol. The van der Waals surface area contributed by atoms with E-state index < -0.39 is 0 Å². The number of hydrogen-bond donors (Lipinski definition) is 2.